The Bertz CT molecular complexity index is 1150. The third kappa shape index (κ3) is 3.13. The van der Waals surface area contributed by atoms with Gasteiger partial charge < -0.3 is 4.74 Å². The lowest BCUT2D eigenvalue weighted by Gasteiger charge is -2.09. The molecule has 0 aliphatic rings. The molecule has 0 fully saturated rings. The third-order valence-corrected chi connectivity index (χ3v) is 4.27. The van der Waals surface area contributed by atoms with E-state index in [0.29, 0.717) is 22.7 Å². The summed E-state index contributed by atoms with van der Waals surface area (Å²) in [5.74, 6) is 0.643. The van der Waals surface area contributed by atoms with Crippen LogP contribution in [0.5, 0.6) is 11.6 Å². The highest BCUT2D eigenvalue weighted by Gasteiger charge is 2.28. The average molecular weight is 376 g/mol. The molecule has 0 aliphatic heterocycles. The van der Waals surface area contributed by atoms with Crippen LogP contribution in [0.2, 0.25) is 0 Å². The topological polar surface area (TPSA) is 109 Å². The Kier molecular flexibility index (Phi) is 4.40. The average Bonchev–Trinajstić information content (AvgIpc) is 3.12. The number of rotatable bonds is 5. The Labute approximate surface area is 159 Å². The van der Waals surface area contributed by atoms with Crippen molar-refractivity contribution in [1.82, 2.24) is 25.0 Å². The first kappa shape index (κ1) is 17.5. The van der Waals surface area contributed by atoms with Crippen LogP contribution >= 0.6 is 0 Å². The molecular formula is C19H16N6O3. The molecule has 0 atom stereocenters. The third-order valence-electron chi connectivity index (χ3n) is 4.27. The second-order valence-corrected chi connectivity index (χ2v) is 6.42. The maximum Gasteiger partial charge on any atom is 0.375 e. The summed E-state index contributed by atoms with van der Waals surface area (Å²) >= 11 is 0. The van der Waals surface area contributed by atoms with Crippen LogP contribution in [0, 0.1) is 10.1 Å². The zero-order valence-electron chi connectivity index (χ0n) is 15.2. The fraction of sp³-hybridized carbons (Fsp3) is 0.158. The summed E-state index contributed by atoms with van der Waals surface area (Å²) in [7, 11) is 0. The number of nitrogens with zero attached hydrogens (tertiary/aromatic N) is 6. The van der Waals surface area contributed by atoms with E-state index < -0.39 is 4.92 Å². The van der Waals surface area contributed by atoms with Crippen LogP contribution in [0.15, 0.2) is 54.9 Å². The molecular weight excluding hydrogens is 360 g/mol. The van der Waals surface area contributed by atoms with Gasteiger partial charge in [0.05, 0.1) is 10.4 Å². The predicted octanol–water partition coefficient (Wildman–Crippen LogP) is 4.03. The number of hydrogen-bond donors (Lipinski definition) is 0. The summed E-state index contributed by atoms with van der Waals surface area (Å²) in [6, 6.07) is 14.5. The Morgan fingerprint density at radius 2 is 1.82 bits per heavy atom. The normalized spacial score (nSPS) is 11.1. The van der Waals surface area contributed by atoms with Crippen molar-refractivity contribution < 1.29 is 9.66 Å². The van der Waals surface area contributed by atoms with Crippen LogP contribution < -0.4 is 4.74 Å². The van der Waals surface area contributed by atoms with E-state index in [4.69, 9.17) is 4.74 Å². The van der Waals surface area contributed by atoms with Crippen molar-refractivity contribution in [2.75, 3.05) is 0 Å². The van der Waals surface area contributed by atoms with Gasteiger partial charge in [0.2, 0.25) is 5.82 Å². The molecule has 0 saturated heterocycles. The Morgan fingerprint density at radius 3 is 2.54 bits per heavy atom. The Balaban J connectivity index is 1.79. The van der Waals surface area contributed by atoms with Gasteiger partial charge in [0, 0.05) is 0 Å². The largest absolute Gasteiger partial charge is 0.434 e. The highest BCUT2D eigenvalue weighted by molar-refractivity contribution is 5.76. The van der Waals surface area contributed by atoms with E-state index in [1.165, 1.54) is 11.0 Å². The number of para-hydroxylation sites is 1. The van der Waals surface area contributed by atoms with Crippen LogP contribution in [-0.4, -0.2) is 29.9 Å². The van der Waals surface area contributed by atoms with Gasteiger partial charge in [-0.05, 0) is 35.7 Å². The molecule has 4 rings (SSSR count). The maximum atomic E-state index is 11.8. The summed E-state index contributed by atoms with van der Waals surface area (Å²) < 4.78 is 7.01. The maximum absolute atomic E-state index is 11.8. The standard InChI is InChI=1S/C19H16N6O3/c1-12(2)13-7-9-14(10-8-13)28-19-17(25(26)27)18(20-11-21-19)24-16-6-4-3-5-15(16)22-23-24/h3-12H,1-2H3. The van der Waals surface area contributed by atoms with Crippen molar-refractivity contribution in [3.05, 3.63) is 70.5 Å². The molecule has 0 radical (unpaired) electrons. The lowest BCUT2D eigenvalue weighted by atomic mass is 10.0. The van der Waals surface area contributed by atoms with Crippen molar-refractivity contribution in [1.29, 1.82) is 0 Å². The molecule has 0 unspecified atom stereocenters. The van der Waals surface area contributed by atoms with Gasteiger partial charge in [0.25, 0.3) is 0 Å². The molecule has 28 heavy (non-hydrogen) atoms. The molecule has 2 aromatic carbocycles. The van der Waals surface area contributed by atoms with Crippen molar-refractivity contribution in [3.63, 3.8) is 0 Å². The minimum absolute atomic E-state index is 0.0116. The number of nitro groups is 1. The van der Waals surface area contributed by atoms with Crippen molar-refractivity contribution in [2.24, 2.45) is 0 Å². The summed E-state index contributed by atoms with van der Waals surface area (Å²) in [5, 5.41) is 19.8. The molecule has 0 bridgehead atoms. The van der Waals surface area contributed by atoms with E-state index >= 15 is 0 Å². The van der Waals surface area contributed by atoms with Gasteiger partial charge in [-0.2, -0.15) is 9.67 Å². The Morgan fingerprint density at radius 1 is 1.07 bits per heavy atom. The number of benzene rings is 2. The monoisotopic (exact) mass is 376 g/mol. The first-order valence-corrected chi connectivity index (χ1v) is 8.62. The molecule has 0 saturated carbocycles. The van der Waals surface area contributed by atoms with Gasteiger partial charge in [-0.25, -0.2) is 4.98 Å². The number of hydrogen-bond acceptors (Lipinski definition) is 7. The first-order valence-electron chi connectivity index (χ1n) is 8.62. The van der Waals surface area contributed by atoms with Gasteiger partial charge >= 0.3 is 11.6 Å². The molecule has 0 N–H and O–H groups in total. The molecule has 9 heteroatoms. The zero-order valence-corrected chi connectivity index (χ0v) is 15.2. The van der Waals surface area contributed by atoms with Crippen LogP contribution in [0.4, 0.5) is 5.69 Å². The highest BCUT2D eigenvalue weighted by Crippen LogP contribution is 2.34. The lowest BCUT2D eigenvalue weighted by Crippen LogP contribution is -2.07. The van der Waals surface area contributed by atoms with E-state index in [9.17, 15) is 10.1 Å². The fourth-order valence-electron chi connectivity index (χ4n) is 2.80. The molecule has 9 nitrogen and oxygen atoms in total. The van der Waals surface area contributed by atoms with E-state index in [0.717, 1.165) is 5.56 Å². The van der Waals surface area contributed by atoms with Crippen molar-refractivity contribution in [3.8, 4) is 17.4 Å². The van der Waals surface area contributed by atoms with Gasteiger partial charge in [0.1, 0.15) is 17.6 Å². The van der Waals surface area contributed by atoms with Crippen molar-refractivity contribution in [2.45, 2.75) is 19.8 Å². The number of fused-ring (bicyclic) bond motifs is 1. The molecule has 0 amide bonds. The molecule has 4 aromatic rings. The lowest BCUT2D eigenvalue weighted by molar-refractivity contribution is -0.386. The summed E-state index contributed by atoms with van der Waals surface area (Å²) in [6.45, 7) is 4.17. The van der Waals surface area contributed by atoms with E-state index in [2.05, 4.69) is 34.1 Å². The highest BCUT2D eigenvalue weighted by atomic mass is 16.6. The number of ether oxygens (including phenoxy) is 1. The van der Waals surface area contributed by atoms with Gasteiger partial charge in [0.15, 0.2) is 0 Å². The predicted molar refractivity (Wildman–Crippen MR) is 102 cm³/mol. The van der Waals surface area contributed by atoms with Crippen LogP contribution in [0.1, 0.15) is 25.3 Å². The van der Waals surface area contributed by atoms with E-state index in [-0.39, 0.29) is 17.4 Å². The molecule has 140 valence electrons. The van der Waals surface area contributed by atoms with Gasteiger partial charge in [-0.1, -0.05) is 43.3 Å². The van der Waals surface area contributed by atoms with Crippen molar-refractivity contribution >= 4 is 16.7 Å². The molecule has 0 spiro atoms. The smallest absolute Gasteiger partial charge is 0.375 e. The van der Waals surface area contributed by atoms with Gasteiger partial charge in [-0.3, -0.25) is 10.1 Å². The Hall–Kier alpha value is -3.88. The molecule has 0 aliphatic carbocycles. The number of aromatic nitrogens is 5. The first-order chi connectivity index (χ1) is 13.5. The quantitative estimate of drug-likeness (QED) is 0.382. The van der Waals surface area contributed by atoms with E-state index in [1.54, 1.807) is 30.3 Å². The minimum atomic E-state index is -0.580. The SMILES string of the molecule is CC(C)c1ccc(Oc2ncnc(-n3nnc4ccccc43)c2[N+](=O)[O-])cc1. The van der Waals surface area contributed by atoms with Crippen LogP contribution in [-0.2, 0) is 0 Å². The fourth-order valence-corrected chi connectivity index (χ4v) is 2.80. The summed E-state index contributed by atoms with van der Waals surface area (Å²) in [4.78, 5) is 19.2. The zero-order chi connectivity index (χ0) is 19.7. The van der Waals surface area contributed by atoms with E-state index in [1.807, 2.05) is 18.2 Å². The molecule has 2 aromatic heterocycles. The minimum Gasteiger partial charge on any atom is -0.434 e. The summed E-state index contributed by atoms with van der Waals surface area (Å²) in [6.07, 6.45) is 1.20. The van der Waals surface area contributed by atoms with Crippen LogP contribution in [0.25, 0.3) is 16.9 Å². The van der Waals surface area contributed by atoms with Crippen LogP contribution in [0.3, 0.4) is 0 Å². The second-order valence-electron chi connectivity index (χ2n) is 6.42. The second kappa shape index (κ2) is 7.03. The molecule has 2 heterocycles. The van der Waals surface area contributed by atoms with Gasteiger partial charge in [-0.15, -0.1) is 5.10 Å². The summed E-state index contributed by atoms with van der Waals surface area (Å²) in [5.41, 5.74) is 1.95.